The summed E-state index contributed by atoms with van der Waals surface area (Å²) in [5.74, 6) is 2.16. The number of carbonyl (C=O) groups excluding carboxylic acids is 1. The number of benzene rings is 1. The van der Waals surface area contributed by atoms with Gasteiger partial charge in [0.15, 0.2) is 5.17 Å². The van der Waals surface area contributed by atoms with Crippen LogP contribution in [0.4, 0.5) is 0 Å². The molecule has 1 amide bonds. The number of aryl methyl sites for hydroxylation is 1. The van der Waals surface area contributed by atoms with E-state index >= 15 is 0 Å². The number of nitrogens with one attached hydrogen (secondary N) is 2. The second kappa shape index (κ2) is 8.20. The van der Waals surface area contributed by atoms with Crippen LogP contribution in [0, 0.1) is 12.3 Å². The van der Waals surface area contributed by atoms with E-state index in [1.807, 2.05) is 48.7 Å². The zero-order valence-electron chi connectivity index (χ0n) is 15.2. The summed E-state index contributed by atoms with van der Waals surface area (Å²) in [7, 11) is 0. The number of ether oxygens (including phenoxy) is 1. The number of thioether (sulfide) groups is 1. The normalized spacial score (nSPS) is 16.4. The zero-order chi connectivity index (χ0) is 19.5. The Kier molecular flexibility index (Phi) is 5.50. The van der Waals surface area contributed by atoms with E-state index in [9.17, 15) is 4.79 Å². The van der Waals surface area contributed by atoms with Crippen molar-refractivity contribution in [2.75, 3.05) is 6.61 Å². The van der Waals surface area contributed by atoms with Gasteiger partial charge in [-0.15, -0.1) is 11.3 Å². The molecule has 2 N–H and O–H groups in total. The number of amides is 1. The van der Waals surface area contributed by atoms with Gasteiger partial charge < -0.3 is 14.5 Å². The first-order valence-electron chi connectivity index (χ1n) is 8.86. The standard InChI is InChI=1S/C20H19N3O3S2/c1-12-15(22-19(26-12)16-3-2-10-27-16)8-9-25-14-6-4-13(5-7-14)11-17-18(24)23-20(21)28-17/h2-7,10,17H,8-9,11H2,1H3,(H2,21,23,24). The lowest BCUT2D eigenvalue weighted by Gasteiger charge is -2.08. The fourth-order valence-electron chi connectivity index (χ4n) is 2.92. The summed E-state index contributed by atoms with van der Waals surface area (Å²) in [6, 6.07) is 11.7. The molecule has 1 unspecified atom stereocenters. The van der Waals surface area contributed by atoms with Crippen molar-refractivity contribution in [2.45, 2.75) is 25.0 Å². The van der Waals surface area contributed by atoms with Gasteiger partial charge in [-0.3, -0.25) is 10.2 Å². The number of nitrogens with zero attached hydrogens (tertiary/aromatic N) is 1. The van der Waals surface area contributed by atoms with Crippen molar-refractivity contribution in [3.05, 3.63) is 58.8 Å². The van der Waals surface area contributed by atoms with Crippen LogP contribution in [0.5, 0.6) is 5.75 Å². The minimum Gasteiger partial charge on any atom is -0.493 e. The van der Waals surface area contributed by atoms with Gasteiger partial charge in [0.05, 0.1) is 22.4 Å². The number of carbonyl (C=O) groups is 1. The monoisotopic (exact) mass is 413 g/mol. The largest absolute Gasteiger partial charge is 0.493 e. The summed E-state index contributed by atoms with van der Waals surface area (Å²) in [5, 5.41) is 12.0. The first kappa shape index (κ1) is 18.8. The van der Waals surface area contributed by atoms with Gasteiger partial charge in [0.1, 0.15) is 11.5 Å². The summed E-state index contributed by atoms with van der Waals surface area (Å²) < 4.78 is 11.6. The maximum atomic E-state index is 11.7. The van der Waals surface area contributed by atoms with Crippen LogP contribution in [-0.4, -0.2) is 27.9 Å². The molecule has 1 aromatic carbocycles. The second-order valence-corrected chi connectivity index (χ2v) is 8.53. The molecule has 0 bridgehead atoms. The minimum atomic E-state index is -0.230. The highest BCUT2D eigenvalue weighted by atomic mass is 32.2. The second-order valence-electron chi connectivity index (χ2n) is 6.37. The van der Waals surface area contributed by atoms with E-state index in [1.165, 1.54) is 11.8 Å². The smallest absolute Gasteiger partial charge is 0.239 e. The van der Waals surface area contributed by atoms with Crippen LogP contribution in [0.25, 0.3) is 10.8 Å². The SMILES string of the molecule is Cc1oc(-c2cccs2)nc1CCOc1ccc(CC2SC(=N)NC2=O)cc1. The van der Waals surface area contributed by atoms with Crippen molar-refractivity contribution >= 4 is 34.2 Å². The summed E-state index contributed by atoms with van der Waals surface area (Å²) in [6.45, 7) is 2.43. The number of amidine groups is 1. The van der Waals surface area contributed by atoms with E-state index in [4.69, 9.17) is 14.6 Å². The molecule has 1 aliphatic heterocycles. The zero-order valence-corrected chi connectivity index (χ0v) is 16.9. The third-order valence-electron chi connectivity index (χ3n) is 4.37. The molecule has 3 heterocycles. The summed E-state index contributed by atoms with van der Waals surface area (Å²) >= 11 is 2.87. The molecule has 6 nitrogen and oxygen atoms in total. The average Bonchev–Trinajstić information content (AvgIpc) is 3.39. The molecule has 0 spiro atoms. The van der Waals surface area contributed by atoms with E-state index in [1.54, 1.807) is 11.3 Å². The van der Waals surface area contributed by atoms with E-state index < -0.39 is 0 Å². The van der Waals surface area contributed by atoms with Crippen LogP contribution in [0.3, 0.4) is 0 Å². The summed E-state index contributed by atoms with van der Waals surface area (Å²) in [4.78, 5) is 17.3. The van der Waals surface area contributed by atoms with Crippen molar-refractivity contribution in [3.8, 4) is 16.5 Å². The summed E-state index contributed by atoms with van der Waals surface area (Å²) in [6.07, 6.45) is 1.27. The van der Waals surface area contributed by atoms with Gasteiger partial charge >= 0.3 is 0 Å². The predicted molar refractivity (Wildman–Crippen MR) is 111 cm³/mol. The Morgan fingerprint density at radius 2 is 2.11 bits per heavy atom. The van der Waals surface area contributed by atoms with Crippen LogP contribution in [0.15, 0.2) is 46.2 Å². The molecule has 0 radical (unpaired) electrons. The van der Waals surface area contributed by atoms with Gasteiger partial charge in [-0.05, 0) is 42.5 Å². The lowest BCUT2D eigenvalue weighted by Crippen LogP contribution is -2.25. The molecule has 1 aliphatic rings. The number of rotatable bonds is 7. The van der Waals surface area contributed by atoms with Crippen molar-refractivity contribution < 1.29 is 13.9 Å². The molecule has 0 saturated carbocycles. The average molecular weight is 414 g/mol. The Labute approximate surface area is 170 Å². The van der Waals surface area contributed by atoms with Crippen molar-refractivity contribution in [3.63, 3.8) is 0 Å². The van der Waals surface area contributed by atoms with Crippen molar-refractivity contribution in [1.29, 1.82) is 5.41 Å². The lowest BCUT2D eigenvalue weighted by atomic mass is 10.1. The van der Waals surface area contributed by atoms with Gasteiger partial charge in [-0.2, -0.15) is 0 Å². The Morgan fingerprint density at radius 3 is 2.79 bits per heavy atom. The molecular weight excluding hydrogens is 394 g/mol. The van der Waals surface area contributed by atoms with E-state index in [2.05, 4.69) is 10.3 Å². The molecule has 2 aromatic heterocycles. The molecule has 1 atom stereocenters. The van der Waals surface area contributed by atoms with Crippen molar-refractivity contribution in [1.82, 2.24) is 10.3 Å². The predicted octanol–water partition coefficient (Wildman–Crippen LogP) is 4.04. The highest BCUT2D eigenvalue weighted by molar-refractivity contribution is 8.15. The minimum absolute atomic E-state index is 0.0970. The topological polar surface area (TPSA) is 88.2 Å². The van der Waals surface area contributed by atoms with E-state index in [0.29, 0.717) is 25.3 Å². The van der Waals surface area contributed by atoms with E-state index in [0.717, 1.165) is 27.6 Å². The molecule has 1 fully saturated rings. The van der Waals surface area contributed by atoms with Gasteiger partial charge in [-0.25, -0.2) is 4.98 Å². The van der Waals surface area contributed by atoms with Gasteiger partial charge in [0, 0.05) is 6.42 Å². The van der Waals surface area contributed by atoms with Crippen LogP contribution in [0.1, 0.15) is 17.0 Å². The molecule has 28 heavy (non-hydrogen) atoms. The number of oxazole rings is 1. The molecule has 3 aromatic rings. The van der Waals surface area contributed by atoms with Gasteiger partial charge in [-0.1, -0.05) is 30.0 Å². The van der Waals surface area contributed by atoms with Crippen LogP contribution in [0.2, 0.25) is 0 Å². The molecule has 144 valence electrons. The van der Waals surface area contributed by atoms with Crippen LogP contribution < -0.4 is 10.1 Å². The summed E-state index contributed by atoms with van der Waals surface area (Å²) in [5.41, 5.74) is 1.95. The molecular formula is C20H19N3O3S2. The quantitative estimate of drug-likeness (QED) is 0.610. The molecule has 1 saturated heterocycles. The fourth-order valence-corrected chi connectivity index (χ4v) is 4.45. The van der Waals surface area contributed by atoms with Crippen LogP contribution in [-0.2, 0) is 17.6 Å². The molecule has 0 aliphatic carbocycles. The van der Waals surface area contributed by atoms with Crippen molar-refractivity contribution in [2.24, 2.45) is 0 Å². The first-order chi connectivity index (χ1) is 13.6. The maximum absolute atomic E-state index is 11.7. The van der Waals surface area contributed by atoms with Crippen LogP contribution >= 0.6 is 23.1 Å². The van der Waals surface area contributed by atoms with Gasteiger partial charge in [0.2, 0.25) is 11.8 Å². The molecule has 8 heteroatoms. The van der Waals surface area contributed by atoms with E-state index in [-0.39, 0.29) is 16.3 Å². The van der Waals surface area contributed by atoms with Gasteiger partial charge in [0.25, 0.3) is 0 Å². The number of hydrogen-bond donors (Lipinski definition) is 2. The number of aromatic nitrogens is 1. The Hall–Kier alpha value is -2.58. The highest BCUT2D eigenvalue weighted by Crippen LogP contribution is 2.26. The third-order valence-corrected chi connectivity index (χ3v) is 6.23. The number of hydrogen-bond acceptors (Lipinski definition) is 7. The molecule has 4 rings (SSSR count). The first-order valence-corrected chi connectivity index (χ1v) is 10.6. The number of thiophene rings is 1. The highest BCUT2D eigenvalue weighted by Gasteiger charge is 2.29. The fraction of sp³-hybridized carbons (Fsp3) is 0.250. The lowest BCUT2D eigenvalue weighted by molar-refractivity contribution is -0.118. The Morgan fingerprint density at radius 1 is 1.29 bits per heavy atom. The third kappa shape index (κ3) is 4.28. The Balaban J connectivity index is 1.30. The Bertz CT molecular complexity index is 981. The maximum Gasteiger partial charge on any atom is 0.239 e.